The fourth-order valence-corrected chi connectivity index (χ4v) is 2.84. The van der Waals surface area contributed by atoms with Gasteiger partial charge in [-0.2, -0.15) is 0 Å². The molecule has 2 unspecified atom stereocenters. The van der Waals surface area contributed by atoms with Gasteiger partial charge in [-0.05, 0) is 17.7 Å². The maximum Gasteiger partial charge on any atom is 0.205 e. The Hall–Kier alpha value is -2.33. The Morgan fingerprint density at radius 2 is 2.00 bits per heavy atom. The Morgan fingerprint density at radius 1 is 1.19 bits per heavy atom. The van der Waals surface area contributed by atoms with Crippen LogP contribution in [0.15, 0.2) is 48.5 Å². The van der Waals surface area contributed by atoms with Crippen LogP contribution in [0, 0.1) is 0 Å². The minimum atomic E-state index is -0.858. The minimum absolute atomic E-state index is 0.0137. The van der Waals surface area contributed by atoms with Crippen molar-refractivity contribution in [3.05, 3.63) is 59.7 Å². The van der Waals surface area contributed by atoms with E-state index in [1.54, 1.807) is 25.3 Å². The van der Waals surface area contributed by atoms with Crippen molar-refractivity contribution >= 4 is 5.78 Å². The van der Waals surface area contributed by atoms with Gasteiger partial charge in [0.05, 0.1) is 12.7 Å². The smallest absolute Gasteiger partial charge is 0.205 e. The molecule has 0 aliphatic carbocycles. The molecule has 0 saturated carbocycles. The molecule has 1 fully saturated rings. The number of ether oxygens (including phenoxy) is 3. The summed E-state index contributed by atoms with van der Waals surface area (Å²) in [5, 5.41) is 0. The lowest BCUT2D eigenvalue weighted by atomic mass is 9.89. The standard InChI is InChI=1S/C17H14O4/c1-19-12-7-8-13-14(9-12)20-10-17(15(13)18)16(21-17)11-5-3-2-4-6-11/h2-9,16H,10H2,1H3. The fraction of sp³-hybridized carbons (Fsp3) is 0.235. The number of benzene rings is 2. The Balaban J connectivity index is 1.68. The SMILES string of the molecule is COc1ccc2c(c1)OCC1(OC1c1ccccc1)C2=O. The van der Waals surface area contributed by atoms with Crippen LogP contribution in [0.5, 0.6) is 11.5 Å². The van der Waals surface area contributed by atoms with Gasteiger partial charge in [0.25, 0.3) is 0 Å². The molecule has 2 atom stereocenters. The van der Waals surface area contributed by atoms with Crippen molar-refractivity contribution in [3.8, 4) is 11.5 Å². The van der Waals surface area contributed by atoms with E-state index in [9.17, 15) is 4.79 Å². The van der Waals surface area contributed by atoms with Crippen LogP contribution in [-0.4, -0.2) is 25.1 Å². The largest absolute Gasteiger partial charge is 0.497 e. The van der Waals surface area contributed by atoms with E-state index in [1.165, 1.54) is 0 Å². The van der Waals surface area contributed by atoms with Crippen LogP contribution < -0.4 is 9.47 Å². The highest BCUT2D eigenvalue weighted by atomic mass is 16.6. The predicted molar refractivity (Wildman–Crippen MR) is 75.8 cm³/mol. The Bertz CT molecular complexity index is 710. The number of methoxy groups -OCH3 is 1. The third kappa shape index (κ3) is 1.76. The molecule has 2 aromatic carbocycles. The summed E-state index contributed by atoms with van der Waals surface area (Å²) in [6.07, 6.45) is -0.221. The highest BCUT2D eigenvalue weighted by Gasteiger charge is 2.65. The maximum absolute atomic E-state index is 12.7. The first-order valence-electron chi connectivity index (χ1n) is 6.83. The topological polar surface area (TPSA) is 48.1 Å². The van der Waals surface area contributed by atoms with Crippen LogP contribution in [0.4, 0.5) is 0 Å². The van der Waals surface area contributed by atoms with Crippen molar-refractivity contribution in [2.24, 2.45) is 0 Å². The van der Waals surface area contributed by atoms with Gasteiger partial charge in [0.15, 0.2) is 5.60 Å². The number of Topliss-reactive ketones (excluding diaryl/α,β-unsaturated/α-hetero) is 1. The monoisotopic (exact) mass is 282 g/mol. The van der Waals surface area contributed by atoms with Crippen molar-refractivity contribution in [2.75, 3.05) is 13.7 Å². The van der Waals surface area contributed by atoms with Gasteiger partial charge >= 0.3 is 0 Å². The minimum Gasteiger partial charge on any atom is -0.497 e. The van der Waals surface area contributed by atoms with Crippen molar-refractivity contribution in [1.29, 1.82) is 0 Å². The molecule has 1 spiro atoms. The average molecular weight is 282 g/mol. The zero-order valence-corrected chi connectivity index (χ0v) is 11.5. The number of fused-ring (bicyclic) bond motifs is 1. The van der Waals surface area contributed by atoms with Gasteiger partial charge < -0.3 is 14.2 Å². The second-order valence-corrected chi connectivity index (χ2v) is 5.28. The van der Waals surface area contributed by atoms with Crippen LogP contribution in [0.3, 0.4) is 0 Å². The van der Waals surface area contributed by atoms with E-state index < -0.39 is 5.60 Å². The molecule has 106 valence electrons. The molecule has 0 amide bonds. The molecule has 1 saturated heterocycles. The summed E-state index contributed by atoms with van der Waals surface area (Å²) in [7, 11) is 1.59. The van der Waals surface area contributed by atoms with Crippen molar-refractivity contribution in [1.82, 2.24) is 0 Å². The first-order valence-corrected chi connectivity index (χ1v) is 6.83. The van der Waals surface area contributed by atoms with Gasteiger partial charge in [0.2, 0.25) is 5.78 Å². The molecule has 2 aromatic rings. The van der Waals surface area contributed by atoms with E-state index in [2.05, 4.69) is 0 Å². The summed E-state index contributed by atoms with van der Waals surface area (Å²) in [6, 6.07) is 15.0. The van der Waals surface area contributed by atoms with Crippen LogP contribution in [0.25, 0.3) is 0 Å². The Morgan fingerprint density at radius 3 is 2.76 bits per heavy atom. The van der Waals surface area contributed by atoms with Crippen molar-refractivity contribution < 1.29 is 19.0 Å². The number of ketones is 1. The molecule has 2 aliphatic heterocycles. The van der Waals surface area contributed by atoms with Gasteiger partial charge in [-0.1, -0.05) is 30.3 Å². The molecule has 4 rings (SSSR count). The molecule has 2 aliphatic rings. The van der Waals surface area contributed by atoms with Gasteiger partial charge in [-0.15, -0.1) is 0 Å². The van der Waals surface area contributed by atoms with E-state index in [1.807, 2.05) is 30.3 Å². The highest BCUT2D eigenvalue weighted by Crippen LogP contribution is 2.54. The molecule has 0 radical (unpaired) electrons. The lowest BCUT2D eigenvalue weighted by Gasteiger charge is -2.22. The van der Waals surface area contributed by atoms with Gasteiger partial charge in [-0.3, -0.25) is 4.79 Å². The summed E-state index contributed by atoms with van der Waals surface area (Å²) >= 11 is 0. The van der Waals surface area contributed by atoms with E-state index in [0.717, 1.165) is 5.56 Å². The van der Waals surface area contributed by atoms with Crippen LogP contribution in [-0.2, 0) is 4.74 Å². The molecule has 4 nitrogen and oxygen atoms in total. The Kier molecular flexibility index (Phi) is 2.56. The maximum atomic E-state index is 12.7. The normalized spacial score (nSPS) is 26.1. The molecule has 21 heavy (non-hydrogen) atoms. The van der Waals surface area contributed by atoms with Gasteiger partial charge in [0, 0.05) is 6.07 Å². The second kappa shape index (κ2) is 4.33. The highest BCUT2D eigenvalue weighted by molar-refractivity contribution is 6.08. The first kappa shape index (κ1) is 12.4. The molecule has 0 N–H and O–H groups in total. The zero-order valence-electron chi connectivity index (χ0n) is 11.5. The second-order valence-electron chi connectivity index (χ2n) is 5.28. The first-order chi connectivity index (χ1) is 10.2. The van der Waals surface area contributed by atoms with Crippen molar-refractivity contribution in [3.63, 3.8) is 0 Å². The summed E-state index contributed by atoms with van der Waals surface area (Å²) in [6.45, 7) is 0.242. The number of epoxide rings is 1. The number of hydrogen-bond donors (Lipinski definition) is 0. The van der Waals surface area contributed by atoms with Crippen LogP contribution >= 0.6 is 0 Å². The van der Waals surface area contributed by atoms with Gasteiger partial charge in [-0.25, -0.2) is 0 Å². The summed E-state index contributed by atoms with van der Waals surface area (Å²) in [5.74, 6) is 1.22. The van der Waals surface area contributed by atoms with Crippen molar-refractivity contribution in [2.45, 2.75) is 11.7 Å². The molecule has 2 heterocycles. The molecular formula is C17H14O4. The third-order valence-electron chi connectivity index (χ3n) is 4.06. The summed E-state index contributed by atoms with van der Waals surface area (Å²) < 4.78 is 16.6. The van der Waals surface area contributed by atoms with E-state index in [-0.39, 0.29) is 18.5 Å². The zero-order chi connectivity index (χ0) is 14.4. The quantitative estimate of drug-likeness (QED) is 0.795. The molecule has 4 heteroatoms. The van der Waals surface area contributed by atoms with E-state index >= 15 is 0 Å². The molecular weight excluding hydrogens is 268 g/mol. The average Bonchev–Trinajstić information content (AvgIpc) is 3.27. The molecule has 0 bridgehead atoms. The lowest BCUT2D eigenvalue weighted by molar-refractivity contribution is 0.0755. The van der Waals surface area contributed by atoms with Gasteiger partial charge in [0.1, 0.15) is 24.2 Å². The number of rotatable bonds is 2. The lowest BCUT2D eigenvalue weighted by Crippen LogP contribution is -2.37. The predicted octanol–water partition coefficient (Wildman–Crippen LogP) is 2.78. The van der Waals surface area contributed by atoms with E-state index in [4.69, 9.17) is 14.2 Å². The summed E-state index contributed by atoms with van der Waals surface area (Å²) in [5.41, 5.74) is 0.704. The van der Waals surface area contributed by atoms with Crippen LogP contribution in [0.1, 0.15) is 22.0 Å². The third-order valence-corrected chi connectivity index (χ3v) is 4.06. The number of carbonyl (C=O) groups excluding carboxylic acids is 1. The fourth-order valence-electron chi connectivity index (χ4n) is 2.84. The molecule has 0 aromatic heterocycles. The van der Waals surface area contributed by atoms with E-state index in [0.29, 0.717) is 17.1 Å². The Labute approximate surface area is 122 Å². The summed E-state index contributed by atoms with van der Waals surface area (Å²) in [4.78, 5) is 12.7. The van der Waals surface area contributed by atoms with Crippen LogP contribution in [0.2, 0.25) is 0 Å². The number of hydrogen-bond acceptors (Lipinski definition) is 4. The number of carbonyl (C=O) groups is 1.